The minimum absolute atomic E-state index is 0.104. The molecule has 1 atom stereocenters. The number of hydrogen-bond acceptors (Lipinski definition) is 6. The molecular weight excluding hydrogens is 374 g/mol. The molecule has 26 heavy (non-hydrogen) atoms. The fraction of sp³-hybridized carbons (Fsp3) is 0.412. The van der Waals surface area contributed by atoms with Crippen LogP contribution in [0.25, 0.3) is 0 Å². The van der Waals surface area contributed by atoms with Crippen LogP contribution in [0.4, 0.5) is 5.69 Å². The first kappa shape index (κ1) is 18.8. The van der Waals surface area contributed by atoms with E-state index in [-0.39, 0.29) is 17.9 Å². The predicted molar refractivity (Wildman–Crippen MR) is 101 cm³/mol. The van der Waals surface area contributed by atoms with Crippen LogP contribution in [0.5, 0.6) is 0 Å². The van der Waals surface area contributed by atoms with Crippen LogP contribution >= 0.6 is 22.9 Å². The summed E-state index contributed by atoms with van der Waals surface area (Å²) >= 11 is 7.08. The number of nitrogens with zero attached hydrogens (tertiary/aromatic N) is 4. The van der Waals surface area contributed by atoms with Crippen LogP contribution in [0.3, 0.4) is 0 Å². The second-order valence-electron chi connectivity index (χ2n) is 6.32. The Labute approximate surface area is 161 Å². The Balaban J connectivity index is 1.63. The highest BCUT2D eigenvalue weighted by Gasteiger charge is 2.32. The second kappa shape index (κ2) is 8.11. The minimum atomic E-state index is -0.307. The molecule has 1 aromatic heterocycles. The number of hydrogen-bond donors (Lipinski definition) is 1. The van der Waals surface area contributed by atoms with Crippen molar-refractivity contribution in [1.82, 2.24) is 20.0 Å². The molecule has 1 fully saturated rings. The van der Waals surface area contributed by atoms with Crippen molar-refractivity contribution in [3.8, 4) is 0 Å². The van der Waals surface area contributed by atoms with Gasteiger partial charge in [0.2, 0.25) is 10.9 Å². The number of likely N-dealkylation sites (tertiary alicyclic amines) is 1. The topological polar surface area (TPSA) is 78.4 Å². The van der Waals surface area contributed by atoms with Crippen molar-refractivity contribution in [2.24, 2.45) is 0 Å². The number of likely N-dealkylation sites (N-methyl/N-ethyl adjacent to an activating group) is 1. The highest BCUT2D eigenvalue weighted by Crippen LogP contribution is 2.23. The van der Waals surface area contributed by atoms with Crippen molar-refractivity contribution >= 4 is 40.4 Å². The van der Waals surface area contributed by atoms with E-state index in [0.717, 1.165) is 24.4 Å². The molecule has 1 aliphatic rings. The molecule has 2 heterocycles. The van der Waals surface area contributed by atoms with Crippen LogP contribution in [0, 0.1) is 0 Å². The molecule has 0 saturated carbocycles. The van der Waals surface area contributed by atoms with E-state index >= 15 is 0 Å². The smallest absolute Gasteiger partial charge is 0.286 e. The van der Waals surface area contributed by atoms with Crippen molar-refractivity contribution in [1.29, 1.82) is 0 Å². The van der Waals surface area contributed by atoms with Crippen LogP contribution in [0.15, 0.2) is 24.3 Å². The molecule has 2 amide bonds. The van der Waals surface area contributed by atoms with Gasteiger partial charge in [-0.05, 0) is 43.7 Å². The number of nitrogens with one attached hydrogen (secondary N) is 1. The number of anilines is 1. The van der Waals surface area contributed by atoms with Gasteiger partial charge in [0.1, 0.15) is 5.01 Å². The van der Waals surface area contributed by atoms with Gasteiger partial charge in [0.05, 0.1) is 12.6 Å². The number of aromatic nitrogens is 2. The maximum Gasteiger partial charge on any atom is 0.286 e. The van der Waals surface area contributed by atoms with E-state index in [1.54, 1.807) is 43.3 Å². The first-order chi connectivity index (χ1) is 12.4. The van der Waals surface area contributed by atoms with Crippen molar-refractivity contribution in [3.63, 3.8) is 0 Å². The SMILES string of the molecule is CN(C)C(=O)C1CCCN1Cc1nnc(C(=O)Nc2ccc(Cl)cc2)s1. The van der Waals surface area contributed by atoms with Crippen molar-refractivity contribution in [2.75, 3.05) is 26.0 Å². The summed E-state index contributed by atoms with van der Waals surface area (Å²) in [6.45, 7) is 1.37. The molecule has 1 saturated heterocycles. The Morgan fingerprint density at radius 3 is 2.73 bits per heavy atom. The Hall–Kier alpha value is -2.03. The summed E-state index contributed by atoms with van der Waals surface area (Å²) in [6.07, 6.45) is 1.83. The third-order valence-electron chi connectivity index (χ3n) is 4.19. The molecule has 1 N–H and O–H groups in total. The van der Waals surface area contributed by atoms with Gasteiger partial charge >= 0.3 is 0 Å². The molecule has 0 radical (unpaired) electrons. The van der Waals surface area contributed by atoms with Gasteiger partial charge < -0.3 is 10.2 Å². The summed E-state index contributed by atoms with van der Waals surface area (Å²) in [5, 5.41) is 12.5. The normalized spacial score (nSPS) is 17.3. The zero-order valence-corrected chi connectivity index (χ0v) is 16.2. The van der Waals surface area contributed by atoms with E-state index in [1.165, 1.54) is 11.3 Å². The molecular formula is C17H20ClN5O2S. The molecule has 138 valence electrons. The Morgan fingerprint density at radius 1 is 1.31 bits per heavy atom. The fourth-order valence-corrected chi connectivity index (χ4v) is 3.78. The highest BCUT2D eigenvalue weighted by molar-refractivity contribution is 7.13. The van der Waals surface area contributed by atoms with E-state index in [9.17, 15) is 9.59 Å². The van der Waals surface area contributed by atoms with Gasteiger partial charge in [-0.1, -0.05) is 22.9 Å². The molecule has 1 unspecified atom stereocenters. The quantitative estimate of drug-likeness (QED) is 0.844. The summed E-state index contributed by atoms with van der Waals surface area (Å²) in [5.74, 6) is -0.203. The zero-order valence-electron chi connectivity index (χ0n) is 14.6. The molecule has 1 aromatic carbocycles. The second-order valence-corrected chi connectivity index (χ2v) is 7.82. The summed E-state index contributed by atoms with van der Waals surface area (Å²) in [6, 6.07) is 6.74. The average Bonchev–Trinajstić information content (AvgIpc) is 3.26. The Kier molecular flexibility index (Phi) is 5.85. The molecule has 3 rings (SSSR count). The monoisotopic (exact) mass is 393 g/mol. The molecule has 1 aliphatic heterocycles. The molecule has 2 aromatic rings. The molecule has 7 nitrogen and oxygen atoms in total. The fourth-order valence-electron chi connectivity index (χ4n) is 2.89. The van der Waals surface area contributed by atoms with Gasteiger partial charge in [-0.25, -0.2) is 0 Å². The van der Waals surface area contributed by atoms with Crippen LogP contribution in [0.1, 0.15) is 27.7 Å². The lowest BCUT2D eigenvalue weighted by molar-refractivity contribution is -0.133. The lowest BCUT2D eigenvalue weighted by atomic mass is 10.2. The first-order valence-electron chi connectivity index (χ1n) is 8.28. The minimum Gasteiger partial charge on any atom is -0.347 e. The summed E-state index contributed by atoms with van der Waals surface area (Å²) in [7, 11) is 3.53. The van der Waals surface area contributed by atoms with Crippen LogP contribution < -0.4 is 5.32 Å². The maximum atomic E-state index is 12.3. The number of amides is 2. The molecule has 9 heteroatoms. The third kappa shape index (κ3) is 4.38. The van der Waals surface area contributed by atoms with Crippen molar-refractivity contribution in [3.05, 3.63) is 39.3 Å². The van der Waals surface area contributed by atoms with Gasteiger partial charge in [0.25, 0.3) is 5.91 Å². The van der Waals surface area contributed by atoms with Gasteiger partial charge in [-0.2, -0.15) is 0 Å². The maximum absolute atomic E-state index is 12.3. The van der Waals surface area contributed by atoms with E-state index in [0.29, 0.717) is 22.3 Å². The molecule has 0 spiro atoms. The first-order valence-corrected chi connectivity index (χ1v) is 9.48. The van der Waals surface area contributed by atoms with Crippen molar-refractivity contribution in [2.45, 2.75) is 25.4 Å². The number of carbonyl (C=O) groups excluding carboxylic acids is 2. The van der Waals surface area contributed by atoms with Gasteiger partial charge in [-0.15, -0.1) is 10.2 Å². The largest absolute Gasteiger partial charge is 0.347 e. The number of benzene rings is 1. The van der Waals surface area contributed by atoms with E-state index < -0.39 is 0 Å². The standard InChI is InChI=1S/C17H20ClN5O2S/c1-22(2)17(25)13-4-3-9-23(13)10-14-20-21-16(26-14)15(24)19-12-7-5-11(18)6-8-12/h5-8,13H,3-4,9-10H2,1-2H3,(H,19,24). The average molecular weight is 394 g/mol. The van der Waals surface area contributed by atoms with Crippen LogP contribution in [-0.4, -0.2) is 58.5 Å². The Bertz CT molecular complexity index is 793. The van der Waals surface area contributed by atoms with Crippen LogP contribution in [0.2, 0.25) is 5.02 Å². The lowest BCUT2D eigenvalue weighted by Gasteiger charge is -2.24. The predicted octanol–water partition coefficient (Wildman–Crippen LogP) is 2.50. The van der Waals surface area contributed by atoms with E-state index in [2.05, 4.69) is 20.4 Å². The number of carbonyl (C=O) groups is 2. The molecule has 0 bridgehead atoms. The van der Waals surface area contributed by atoms with Gasteiger partial charge in [-0.3, -0.25) is 14.5 Å². The van der Waals surface area contributed by atoms with Gasteiger partial charge in [0, 0.05) is 24.8 Å². The zero-order chi connectivity index (χ0) is 18.7. The van der Waals surface area contributed by atoms with Crippen molar-refractivity contribution < 1.29 is 9.59 Å². The highest BCUT2D eigenvalue weighted by atomic mass is 35.5. The summed E-state index contributed by atoms with van der Waals surface area (Å²) in [4.78, 5) is 28.3. The van der Waals surface area contributed by atoms with Crippen LogP contribution in [-0.2, 0) is 11.3 Å². The van der Waals surface area contributed by atoms with E-state index in [1.807, 2.05) is 0 Å². The Morgan fingerprint density at radius 2 is 2.04 bits per heavy atom. The third-order valence-corrected chi connectivity index (χ3v) is 5.35. The number of halogens is 1. The molecule has 0 aliphatic carbocycles. The van der Waals surface area contributed by atoms with Gasteiger partial charge in [0.15, 0.2) is 0 Å². The van der Waals surface area contributed by atoms with E-state index in [4.69, 9.17) is 11.6 Å². The lowest BCUT2D eigenvalue weighted by Crippen LogP contribution is -2.42. The number of rotatable bonds is 5. The summed E-state index contributed by atoms with van der Waals surface area (Å²) < 4.78 is 0. The summed E-state index contributed by atoms with van der Waals surface area (Å²) in [5.41, 5.74) is 0.646.